The highest BCUT2D eigenvalue weighted by atomic mass is 35.5. The molecule has 0 aromatic heterocycles. The molecule has 0 spiro atoms. The van der Waals surface area contributed by atoms with Gasteiger partial charge in [0.05, 0.1) is 5.71 Å². The molecule has 0 saturated carbocycles. The summed E-state index contributed by atoms with van der Waals surface area (Å²) < 4.78 is 0. The van der Waals surface area contributed by atoms with Crippen molar-refractivity contribution in [1.29, 1.82) is 0 Å². The van der Waals surface area contributed by atoms with Crippen molar-refractivity contribution < 1.29 is 9.94 Å². The Kier molecular flexibility index (Phi) is 5.83. The minimum atomic E-state index is -0.579. The molecule has 4 nitrogen and oxygen atoms in total. The van der Waals surface area contributed by atoms with Crippen LogP contribution in [0.15, 0.2) is 29.4 Å². The first-order chi connectivity index (χ1) is 9.70. The monoisotopic (exact) mass is 296 g/mol. The zero-order valence-corrected chi connectivity index (χ0v) is 12.4. The second-order valence-corrected chi connectivity index (χ2v) is 5.44. The molecule has 110 valence electrons. The molecule has 0 bridgehead atoms. The molecule has 2 atom stereocenters. The summed E-state index contributed by atoms with van der Waals surface area (Å²) in [5.74, 6) is 0. The third-order valence-electron chi connectivity index (χ3n) is 3.36. The van der Waals surface area contributed by atoms with Crippen LogP contribution in [0.4, 0.5) is 0 Å². The molecule has 1 aromatic carbocycles. The molecule has 1 heterocycles. The third kappa shape index (κ3) is 4.20. The number of aliphatic hydroxyl groups is 1. The smallest absolute Gasteiger partial charge is 0.158 e. The molecule has 0 radical (unpaired) electrons. The van der Waals surface area contributed by atoms with Crippen LogP contribution in [-0.4, -0.2) is 30.0 Å². The topological polar surface area (TPSA) is 53.8 Å². The number of oxime groups is 1. The fourth-order valence-electron chi connectivity index (χ4n) is 2.11. The van der Waals surface area contributed by atoms with Crippen molar-refractivity contribution in [2.24, 2.45) is 5.16 Å². The standard InChI is InChI=1S/C15H21ClN2O2/c1-2-3-8-17-10-14(19)13-9-15(20-18-13)11-4-6-12(16)7-5-11/h4-7,14-15,17,19H,2-3,8-10H2,1H3/t14-,15+/m0/s1. The third-order valence-corrected chi connectivity index (χ3v) is 3.61. The highest BCUT2D eigenvalue weighted by Gasteiger charge is 2.27. The molecule has 0 aliphatic carbocycles. The van der Waals surface area contributed by atoms with Crippen molar-refractivity contribution in [3.63, 3.8) is 0 Å². The van der Waals surface area contributed by atoms with E-state index in [1.807, 2.05) is 24.3 Å². The molecule has 2 rings (SSSR count). The lowest BCUT2D eigenvalue weighted by atomic mass is 10.0. The van der Waals surface area contributed by atoms with Crippen LogP contribution in [0.1, 0.15) is 37.9 Å². The molecule has 0 fully saturated rings. The maximum atomic E-state index is 10.1. The minimum Gasteiger partial charge on any atom is -0.387 e. The lowest BCUT2D eigenvalue weighted by molar-refractivity contribution is 0.0855. The van der Waals surface area contributed by atoms with E-state index in [0.29, 0.717) is 23.7 Å². The molecular formula is C15H21ClN2O2. The van der Waals surface area contributed by atoms with Gasteiger partial charge in [-0.05, 0) is 30.7 Å². The summed E-state index contributed by atoms with van der Waals surface area (Å²) in [6.45, 7) is 3.58. The molecule has 1 aliphatic rings. The van der Waals surface area contributed by atoms with Crippen LogP contribution < -0.4 is 5.32 Å². The van der Waals surface area contributed by atoms with Crippen LogP contribution in [0.5, 0.6) is 0 Å². The second kappa shape index (κ2) is 7.62. The Morgan fingerprint density at radius 3 is 2.90 bits per heavy atom. The van der Waals surface area contributed by atoms with Gasteiger partial charge >= 0.3 is 0 Å². The Labute approximate surface area is 124 Å². The highest BCUT2D eigenvalue weighted by molar-refractivity contribution is 6.30. The van der Waals surface area contributed by atoms with Gasteiger partial charge in [-0.25, -0.2) is 0 Å². The van der Waals surface area contributed by atoms with Crippen LogP contribution in [0.3, 0.4) is 0 Å². The summed E-state index contributed by atoms with van der Waals surface area (Å²) in [5, 5.41) is 18.0. The maximum absolute atomic E-state index is 10.1. The summed E-state index contributed by atoms with van der Waals surface area (Å²) in [6, 6.07) is 7.52. The Bertz CT molecular complexity index is 448. The van der Waals surface area contributed by atoms with Crippen molar-refractivity contribution in [1.82, 2.24) is 5.32 Å². The number of rotatable bonds is 7. The van der Waals surface area contributed by atoms with Gasteiger partial charge in [-0.3, -0.25) is 0 Å². The Morgan fingerprint density at radius 2 is 2.20 bits per heavy atom. The van der Waals surface area contributed by atoms with E-state index in [1.54, 1.807) is 0 Å². The van der Waals surface area contributed by atoms with E-state index in [9.17, 15) is 5.11 Å². The molecule has 0 amide bonds. The van der Waals surface area contributed by atoms with Gasteiger partial charge in [0.2, 0.25) is 0 Å². The predicted molar refractivity (Wildman–Crippen MR) is 81.1 cm³/mol. The molecule has 0 unspecified atom stereocenters. The Morgan fingerprint density at radius 1 is 1.45 bits per heavy atom. The van der Waals surface area contributed by atoms with Crippen LogP contribution in [0.2, 0.25) is 5.02 Å². The number of nitrogens with one attached hydrogen (secondary N) is 1. The number of aliphatic hydroxyl groups excluding tert-OH is 1. The fraction of sp³-hybridized carbons (Fsp3) is 0.533. The fourth-order valence-corrected chi connectivity index (χ4v) is 2.23. The number of nitrogens with zero attached hydrogens (tertiary/aromatic N) is 1. The Balaban J connectivity index is 1.80. The molecule has 0 saturated heterocycles. The van der Waals surface area contributed by atoms with Gasteiger partial charge in [0.25, 0.3) is 0 Å². The number of hydrogen-bond donors (Lipinski definition) is 2. The molecule has 5 heteroatoms. The zero-order valence-electron chi connectivity index (χ0n) is 11.7. The van der Waals surface area contributed by atoms with Gasteiger partial charge in [-0.1, -0.05) is 42.2 Å². The van der Waals surface area contributed by atoms with E-state index >= 15 is 0 Å². The van der Waals surface area contributed by atoms with E-state index in [1.165, 1.54) is 0 Å². The quantitative estimate of drug-likeness (QED) is 0.761. The normalized spacial score (nSPS) is 19.6. The van der Waals surface area contributed by atoms with Gasteiger partial charge < -0.3 is 15.3 Å². The van der Waals surface area contributed by atoms with Crippen LogP contribution >= 0.6 is 11.6 Å². The zero-order chi connectivity index (χ0) is 14.4. The van der Waals surface area contributed by atoms with Crippen molar-refractivity contribution in [2.45, 2.75) is 38.4 Å². The van der Waals surface area contributed by atoms with E-state index in [2.05, 4.69) is 17.4 Å². The van der Waals surface area contributed by atoms with Gasteiger partial charge in [0, 0.05) is 18.0 Å². The first-order valence-electron chi connectivity index (χ1n) is 7.07. The SMILES string of the molecule is CCCCNC[C@H](O)C1=NO[C@@H](c2ccc(Cl)cc2)C1. The number of unbranched alkanes of at least 4 members (excludes halogenated alkanes) is 1. The minimum absolute atomic E-state index is 0.118. The number of hydrogen-bond acceptors (Lipinski definition) is 4. The summed E-state index contributed by atoms with van der Waals surface area (Å²) >= 11 is 5.86. The lowest BCUT2D eigenvalue weighted by Crippen LogP contribution is -2.33. The summed E-state index contributed by atoms with van der Waals surface area (Å²) in [4.78, 5) is 5.40. The van der Waals surface area contributed by atoms with E-state index in [-0.39, 0.29) is 6.10 Å². The van der Waals surface area contributed by atoms with Gasteiger partial charge in [0.1, 0.15) is 6.10 Å². The number of benzene rings is 1. The summed E-state index contributed by atoms with van der Waals surface area (Å²) in [5.41, 5.74) is 1.73. The largest absolute Gasteiger partial charge is 0.387 e. The Hall–Kier alpha value is -1.10. The number of halogens is 1. The van der Waals surface area contributed by atoms with E-state index < -0.39 is 6.10 Å². The van der Waals surface area contributed by atoms with Crippen LogP contribution in [0, 0.1) is 0 Å². The van der Waals surface area contributed by atoms with Crippen LogP contribution in [0.25, 0.3) is 0 Å². The first kappa shape index (κ1) is 15.3. The van der Waals surface area contributed by atoms with Gasteiger partial charge in [-0.2, -0.15) is 0 Å². The van der Waals surface area contributed by atoms with Crippen molar-refractivity contribution in [3.8, 4) is 0 Å². The average Bonchev–Trinajstić information content (AvgIpc) is 2.94. The van der Waals surface area contributed by atoms with Crippen LogP contribution in [-0.2, 0) is 4.84 Å². The van der Waals surface area contributed by atoms with Crippen molar-refractivity contribution >= 4 is 17.3 Å². The molecule has 1 aliphatic heterocycles. The lowest BCUT2D eigenvalue weighted by Gasteiger charge is -2.11. The van der Waals surface area contributed by atoms with E-state index in [4.69, 9.17) is 16.4 Å². The maximum Gasteiger partial charge on any atom is 0.158 e. The predicted octanol–water partition coefficient (Wildman–Crippen LogP) is 2.91. The molecule has 1 aromatic rings. The molecule has 2 N–H and O–H groups in total. The second-order valence-electron chi connectivity index (χ2n) is 5.01. The first-order valence-corrected chi connectivity index (χ1v) is 7.45. The van der Waals surface area contributed by atoms with Crippen molar-refractivity contribution in [2.75, 3.05) is 13.1 Å². The highest BCUT2D eigenvalue weighted by Crippen LogP contribution is 2.28. The van der Waals surface area contributed by atoms with Gasteiger partial charge in [0.15, 0.2) is 6.10 Å². The van der Waals surface area contributed by atoms with Gasteiger partial charge in [-0.15, -0.1) is 0 Å². The molecular weight excluding hydrogens is 276 g/mol. The summed E-state index contributed by atoms with van der Waals surface area (Å²) in [7, 11) is 0. The summed E-state index contributed by atoms with van der Waals surface area (Å²) in [6.07, 6.45) is 2.18. The van der Waals surface area contributed by atoms with E-state index in [0.717, 1.165) is 24.9 Å². The molecule has 20 heavy (non-hydrogen) atoms. The average molecular weight is 297 g/mol. The van der Waals surface area contributed by atoms with Crippen molar-refractivity contribution in [3.05, 3.63) is 34.9 Å².